The van der Waals surface area contributed by atoms with Gasteiger partial charge in [-0.15, -0.1) is 0 Å². The first-order chi connectivity index (χ1) is 7.95. The molecule has 0 amide bonds. The van der Waals surface area contributed by atoms with Crippen LogP contribution in [-0.2, 0) is 10.0 Å². The van der Waals surface area contributed by atoms with Gasteiger partial charge in [-0.2, -0.15) is 5.26 Å². The van der Waals surface area contributed by atoms with E-state index in [4.69, 9.17) is 5.26 Å². The maximum Gasteiger partial charge on any atom is 0.240 e. The van der Waals surface area contributed by atoms with E-state index in [0.29, 0.717) is 18.7 Å². The van der Waals surface area contributed by atoms with Crippen molar-refractivity contribution in [2.24, 2.45) is 0 Å². The van der Waals surface area contributed by atoms with E-state index in [9.17, 15) is 8.42 Å². The number of sulfonamides is 1. The molecule has 0 aliphatic rings. The Labute approximate surface area is 102 Å². The molecule has 2 N–H and O–H groups in total. The summed E-state index contributed by atoms with van der Waals surface area (Å²) in [4.78, 5) is 1.30. The topological polar surface area (TPSA) is 74.4 Å². The summed E-state index contributed by atoms with van der Waals surface area (Å²) in [5, 5.41) is 8.71. The Morgan fingerprint density at radius 2 is 2.12 bits per heavy atom. The van der Waals surface area contributed by atoms with Gasteiger partial charge in [0.1, 0.15) is 0 Å². The fourth-order valence-corrected chi connectivity index (χ4v) is 2.33. The summed E-state index contributed by atoms with van der Waals surface area (Å²) < 4.78 is 26.2. The number of nitriles is 1. The molecule has 0 bridgehead atoms. The van der Waals surface area contributed by atoms with Crippen LogP contribution in [0.15, 0.2) is 29.2 Å². The summed E-state index contributed by atoms with van der Waals surface area (Å²) in [6.45, 7) is 1.08. The van der Waals surface area contributed by atoms with Crippen LogP contribution in [0.4, 0.5) is 0 Å². The molecule has 1 rings (SSSR count). The van der Waals surface area contributed by atoms with Gasteiger partial charge in [0.05, 0.1) is 43.7 Å². The predicted molar refractivity (Wildman–Crippen MR) is 64.0 cm³/mol. The third-order valence-electron chi connectivity index (χ3n) is 2.19. The lowest BCUT2D eigenvalue weighted by molar-refractivity contribution is -0.856. The van der Waals surface area contributed by atoms with Gasteiger partial charge in [-0.05, 0) is 18.2 Å². The second-order valence-corrected chi connectivity index (χ2v) is 5.76. The van der Waals surface area contributed by atoms with Crippen molar-refractivity contribution in [2.75, 3.05) is 27.2 Å². The molecular weight excluding hydrogens is 238 g/mol. The Balaban J connectivity index is 2.79. The van der Waals surface area contributed by atoms with Gasteiger partial charge in [-0.1, -0.05) is 6.07 Å². The summed E-state index contributed by atoms with van der Waals surface area (Å²) in [6, 6.07) is 7.89. The molecule has 92 valence electrons. The largest absolute Gasteiger partial charge is 0.339 e. The number of hydrogen-bond donors (Lipinski definition) is 2. The standard InChI is InChI=1S/C11H15N3O2S/c1-14(2)7-6-13-17(15,16)11-5-3-4-10(8-11)9-12/h3-5,8,13H,6-7H2,1-2H3/p+1. The van der Waals surface area contributed by atoms with Crippen LogP contribution in [-0.4, -0.2) is 35.6 Å². The van der Waals surface area contributed by atoms with E-state index in [1.165, 1.54) is 17.0 Å². The third-order valence-corrected chi connectivity index (χ3v) is 3.65. The second kappa shape index (κ2) is 5.77. The molecule has 0 atom stereocenters. The van der Waals surface area contributed by atoms with Crippen molar-refractivity contribution >= 4 is 10.0 Å². The molecule has 6 heteroatoms. The Morgan fingerprint density at radius 1 is 1.41 bits per heavy atom. The number of benzene rings is 1. The molecule has 0 saturated heterocycles. The summed E-state index contributed by atoms with van der Waals surface area (Å²) in [6.07, 6.45) is 0. The van der Waals surface area contributed by atoms with E-state index < -0.39 is 10.0 Å². The summed E-state index contributed by atoms with van der Waals surface area (Å²) in [7, 11) is 0.395. The van der Waals surface area contributed by atoms with E-state index in [1.54, 1.807) is 12.1 Å². The van der Waals surface area contributed by atoms with Crippen molar-refractivity contribution < 1.29 is 13.3 Å². The van der Waals surface area contributed by atoms with Gasteiger partial charge in [0.2, 0.25) is 10.0 Å². The van der Waals surface area contributed by atoms with Crippen molar-refractivity contribution in [1.29, 1.82) is 5.26 Å². The minimum absolute atomic E-state index is 0.130. The zero-order valence-corrected chi connectivity index (χ0v) is 10.7. The molecule has 0 fully saturated rings. The molecule has 17 heavy (non-hydrogen) atoms. The Hall–Kier alpha value is -1.42. The Bertz CT molecular complexity index is 518. The fourth-order valence-electron chi connectivity index (χ4n) is 1.25. The molecule has 0 unspecified atom stereocenters. The zero-order chi connectivity index (χ0) is 12.9. The van der Waals surface area contributed by atoms with Crippen molar-refractivity contribution in [3.05, 3.63) is 29.8 Å². The smallest absolute Gasteiger partial charge is 0.240 e. The minimum Gasteiger partial charge on any atom is -0.339 e. The lowest BCUT2D eigenvalue weighted by Gasteiger charge is -2.09. The molecule has 0 aromatic heterocycles. The average Bonchev–Trinajstić information content (AvgIpc) is 2.28. The highest BCUT2D eigenvalue weighted by Crippen LogP contribution is 2.10. The van der Waals surface area contributed by atoms with Gasteiger partial charge in [0, 0.05) is 0 Å². The van der Waals surface area contributed by atoms with E-state index in [-0.39, 0.29) is 4.90 Å². The highest BCUT2D eigenvalue weighted by atomic mass is 32.2. The summed E-state index contributed by atoms with van der Waals surface area (Å²) in [5.41, 5.74) is 0.339. The van der Waals surface area contributed by atoms with Crippen LogP contribution in [0.3, 0.4) is 0 Å². The van der Waals surface area contributed by atoms with Gasteiger partial charge in [0.15, 0.2) is 0 Å². The first-order valence-electron chi connectivity index (χ1n) is 5.24. The molecule has 0 spiro atoms. The number of likely N-dealkylation sites (N-methyl/N-ethyl adjacent to an activating group) is 1. The van der Waals surface area contributed by atoms with Crippen LogP contribution in [0.1, 0.15) is 5.56 Å². The quantitative estimate of drug-likeness (QED) is 0.706. The van der Waals surface area contributed by atoms with Crippen molar-refractivity contribution in [2.45, 2.75) is 4.90 Å². The Morgan fingerprint density at radius 3 is 2.71 bits per heavy atom. The number of nitrogens with one attached hydrogen (secondary N) is 2. The lowest BCUT2D eigenvalue weighted by atomic mass is 10.2. The van der Waals surface area contributed by atoms with E-state index >= 15 is 0 Å². The second-order valence-electron chi connectivity index (χ2n) is 3.99. The first-order valence-corrected chi connectivity index (χ1v) is 6.73. The maximum absolute atomic E-state index is 11.9. The fraction of sp³-hybridized carbons (Fsp3) is 0.364. The highest BCUT2D eigenvalue weighted by molar-refractivity contribution is 7.89. The monoisotopic (exact) mass is 254 g/mol. The molecule has 5 nitrogen and oxygen atoms in total. The van der Waals surface area contributed by atoms with Crippen molar-refractivity contribution in [1.82, 2.24) is 4.72 Å². The van der Waals surface area contributed by atoms with E-state index in [2.05, 4.69) is 4.72 Å². The zero-order valence-electron chi connectivity index (χ0n) is 9.90. The molecular formula is C11H16N3O2S+. The molecule has 0 heterocycles. The van der Waals surface area contributed by atoms with Gasteiger partial charge >= 0.3 is 0 Å². The van der Waals surface area contributed by atoms with Crippen LogP contribution in [0.25, 0.3) is 0 Å². The van der Waals surface area contributed by atoms with Crippen LogP contribution in [0.2, 0.25) is 0 Å². The minimum atomic E-state index is -3.50. The highest BCUT2D eigenvalue weighted by Gasteiger charge is 2.14. The lowest BCUT2D eigenvalue weighted by Crippen LogP contribution is -3.06. The predicted octanol–water partition coefficient (Wildman–Crippen LogP) is -1.02. The maximum atomic E-state index is 11.9. The SMILES string of the molecule is C[NH+](C)CCNS(=O)(=O)c1cccc(C#N)c1. The average molecular weight is 254 g/mol. The molecule has 1 aromatic carbocycles. The van der Waals surface area contributed by atoms with Crippen molar-refractivity contribution in [3.8, 4) is 6.07 Å². The first kappa shape index (κ1) is 13.6. The van der Waals surface area contributed by atoms with Crippen LogP contribution >= 0.6 is 0 Å². The summed E-state index contributed by atoms with van der Waals surface area (Å²) in [5.74, 6) is 0. The number of nitrogens with zero attached hydrogens (tertiary/aromatic N) is 1. The number of quaternary nitrogens is 1. The van der Waals surface area contributed by atoms with E-state index in [1.807, 2.05) is 20.2 Å². The number of hydrogen-bond acceptors (Lipinski definition) is 3. The van der Waals surface area contributed by atoms with Gasteiger partial charge < -0.3 is 4.90 Å². The van der Waals surface area contributed by atoms with E-state index in [0.717, 1.165) is 0 Å². The van der Waals surface area contributed by atoms with Gasteiger partial charge in [-0.25, -0.2) is 13.1 Å². The number of rotatable bonds is 5. The third kappa shape index (κ3) is 4.15. The van der Waals surface area contributed by atoms with Crippen LogP contribution in [0.5, 0.6) is 0 Å². The molecule has 0 radical (unpaired) electrons. The Kier molecular flexibility index (Phi) is 4.63. The molecule has 1 aromatic rings. The molecule has 0 saturated carbocycles. The van der Waals surface area contributed by atoms with Crippen LogP contribution in [0, 0.1) is 11.3 Å². The van der Waals surface area contributed by atoms with Crippen molar-refractivity contribution in [3.63, 3.8) is 0 Å². The van der Waals surface area contributed by atoms with Crippen LogP contribution < -0.4 is 9.62 Å². The normalized spacial score (nSPS) is 11.4. The summed E-state index contributed by atoms with van der Waals surface area (Å²) >= 11 is 0. The molecule has 0 aliphatic heterocycles. The van der Waals surface area contributed by atoms with Gasteiger partial charge in [-0.3, -0.25) is 0 Å². The van der Waals surface area contributed by atoms with Gasteiger partial charge in [0.25, 0.3) is 0 Å². The molecule has 0 aliphatic carbocycles.